The van der Waals surface area contributed by atoms with Crippen LogP contribution in [0.5, 0.6) is 0 Å². The average Bonchev–Trinajstić information content (AvgIpc) is 2.40. The lowest BCUT2D eigenvalue weighted by Gasteiger charge is -2.29. The van der Waals surface area contributed by atoms with Crippen LogP contribution < -0.4 is 5.32 Å². The first kappa shape index (κ1) is 13.0. The molecule has 0 amide bonds. The number of thiocarbonyl (C=S) groups is 1. The van der Waals surface area contributed by atoms with Crippen molar-refractivity contribution in [2.75, 3.05) is 18.4 Å². The minimum absolute atomic E-state index is 0.0718. The Morgan fingerprint density at radius 3 is 2.67 bits per heavy atom. The molecule has 96 valence electrons. The normalized spacial score (nSPS) is 15.3. The van der Waals surface area contributed by atoms with Gasteiger partial charge in [-0.15, -0.1) is 0 Å². The highest BCUT2D eigenvalue weighted by molar-refractivity contribution is 7.80. The van der Waals surface area contributed by atoms with Gasteiger partial charge < -0.3 is 10.2 Å². The molecule has 0 saturated carbocycles. The van der Waals surface area contributed by atoms with Gasteiger partial charge in [-0.25, -0.2) is 0 Å². The lowest BCUT2D eigenvalue weighted by molar-refractivity contribution is 0.101. The second kappa shape index (κ2) is 5.96. The fourth-order valence-electron chi connectivity index (χ4n) is 2.12. The van der Waals surface area contributed by atoms with Crippen LogP contribution in [0.4, 0.5) is 5.69 Å². The summed E-state index contributed by atoms with van der Waals surface area (Å²) in [7, 11) is 0. The molecule has 1 heterocycles. The fourth-order valence-corrected chi connectivity index (χ4v) is 2.42. The van der Waals surface area contributed by atoms with Crippen LogP contribution in [-0.2, 0) is 0 Å². The Morgan fingerprint density at radius 2 is 2.00 bits per heavy atom. The van der Waals surface area contributed by atoms with Crippen LogP contribution in [0.2, 0.25) is 0 Å². The highest BCUT2D eigenvalue weighted by Gasteiger charge is 2.13. The van der Waals surface area contributed by atoms with Crippen LogP contribution >= 0.6 is 12.2 Å². The van der Waals surface area contributed by atoms with Gasteiger partial charge in [0.2, 0.25) is 0 Å². The van der Waals surface area contributed by atoms with E-state index in [1.165, 1.54) is 19.3 Å². The number of Topliss-reactive ketones (excluding diaryl/α,β-unsaturated/α-hetero) is 1. The number of piperidine rings is 1. The molecule has 4 heteroatoms. The quantitative estimate of drug-likeness (QED) is 0.656. The van der Waals surface area contributed by atoms with Crippen molar-refractivity contribution in [3.8, 4) is 0 Å². The predicted molar refractivity (Wildman–Crippen MR) is 78.1 cm³/mol. The van der Waals surface area contributed by atoms with E-state index in [1.54, 1.807) is 6.92 Å². The van der Waals surface area contributed by atoms with Gasteiger partial charge in [-0.1, -0.05) is 12.1 Å². The molecule has 18 heavy (non-hydrogen) atoms. The minimum atomic E-state index is 0.0718. The Kier molecular flexibility index (Phi) is 4.31. The largest absolute Gasteiger partial charge is 0.349 e. The third kappa shape index (κ3) is 3.29. The third-order valence-electron chi connectivity index (χ3n) is 3.16. The Hall–Kier alpha value is -1.42. The number of nitrogens with one attached hydrogen (secondary N) is 1. The summed E-state index contributed by atoms with van der Waals surface area (Å²) in [5.74, 6) is 0.0718. The van der Waals surface area contributed by atoms with Crippen LogP contribution in [-0.4, -0.2) is 28.9 Å². The van der Waals surface area contributed by atoms with Gasteiger partial charge in [0.05, 0.1) is 0 Å². The Labute approximate surface area is 113 Å². The van der Waals surface area contributed by atoms with E-state index in [0.29, 0.717) is 5.56 Å². The summed E-state index contributed by atoms with van der Waals surface area (Å²) in [5.41, 5.74) is 1.60. The molecule has 0 spiro atoms. The molecule has 1 aromatic carbocycles. The molecule has 2 rings (SSSR count). The van der Waals surface area contributed by atoms with E-state index < -0.39 is 0 Å². The fraction of sp³-hybridized carbons (Fsp3) is 0.429. The first-order valence-electron chi connectivity index (χ1n) is 6.34. The zero-order chi connectivity index (χ0) is 13.0. The molecule has 1 aliphatic rings. The van der Waals surface area contributed by atoms with Crippen molar-refractivity contribution in [2.45, 2.75) is 26.2 Å². The van der Waals surface area contributed by atoms with Gasteiger partial charge in [-0.3, -0.25) is 4.79 Å². The SMILES string of the molecule is CC(=O)c1cccc(NC(=S)N2CCCCC2)c1. The van der Waals surface area contributed by atoms with Crippen LogP contribution in [0.1, 0.15) is 36.5 Å². The molecule has 1 N–H and O–H groups in total. The summed E-state index contributed by atoms with van der Waals surface area (Å²) in [6.07, 6.45) is 3.70. The molecule has 1 saturated heterocycles. The number of carbonyl (C=O) groups excluding carboxylic acids is 1. The monoisotopic (exact) mass is 262 g/mol. The van der Waals surface area contributed by atoms with Crippen molar-refractivity contribution in [1.82, 2.24) is 4.90 Å². The van der Waals surface area contributed by atoms with Crippen LogP contribution in [0.25, 0.3) is 0 Å². The molecule has 0 aromatic heterocycles. The zero-order valence-electron chi connectivity index (χ0n) is 10.6. The second-order valence-corrected chi connectivity index (χ2v) is 5.00. The van der Waals surface area contributed by atoms with Gasteiger partial charge >= 0.3 is 0 Å². The lowest BCUT2D eigenvalue weighted by atomic mass is 10.1. The van der Waals surface area contributed by atoms with E-state index in [9.17, 15) is 4.79 Å². The zero-order valence-corrected chi connectivity index (χ0v) is 11.4. The number of rotatable bonds is 2. The second-order valence-electron chi connectivity index (χ2n) is 4.61. The van der Waals surface area contributed by atoms with Crippen molar-refractivity contribution < 1.29 is 4.79 Å². The number of carbonyl (C=O) groups is 1. The standard InChI is InChI=1S/C14H18N2OS/c1-11(17)12-6-5-7-13(10-12)15-14(18)16-8-3-2-4-9-16/h5-7,10H,2-4,8-9H2,1H3,(H,15,18). The minimum Gasteiger partial charge on any atom is -0.349 e. The number of likely N-dealkylation sites (tertiary alicyclic amines) is 1. The van der Waals surface area contributed by atoms with Gasteiger partial charge in [0.15, 0.2) is 10.9 Å². The summed E-state index contributed by atoms with van der Waals surface area (Å²) in [6, 6.07) is 7.47. The van der Waals surface area contributed by atoms with E-state index in [1.807, 2.05) is 24.3 Å². The van der Waals surface area contributed by atoms with Crippen molar-refractivity contribution in [3.05, 3.63) is 29.8 Å². The Bertz CT molecular complexity index is 453. The summed E-state index contributed by atoms with van der Waals surface area (Å²) in [4.78, 5) is 13.5. The molecular formula is C14H18N2OS. The topological polar surface area (TPSA) is 32.3 Å². The number of nitrogens with zero attached hydrogens (tertiary/aromatic N) is 1. The van der Waals surface area contributed by atoms with Gasteiger partial charge in [0, 0.05) is 24.3 Å². The molecule has 1 fully saturated rings. The summed E-state index contributed by atoms with van der Waals surface area (Å²) < 4.78 is 0. The van der Waals surface area contributed by atoms with Crippen LogP contribution in [0.15, 0.2) is 24.3 Å². The Morgan fingerprint density at radius 1 is 1.28 bits per heavy atom. The first-order chi connectivity index (χ1) is 8.66. The van der Waals surface area contributed by atoms with Crippen molar-refractivity contribution in [3.63, 3.8) is 0 Å². The smallest absolute Gasteiger partial charge is 0.173 e. The summed E-state index contributed by atoms with van der Waals surface area (Å²) in [6.45, 7) is 3.62. The molecule has 0 atom stereocenters. The van der Waals surface area contributed by atoms with E-state index >= 15 is 0 Å². The first-order valence-corrected chi connectivity index (χ1v) is 6.74. The number of benzene rings is 1. The molecule has 1 aromatic rings. The van der Waals surface area contributed by atoms with E-state index in [0.717, 1.165) is 23.9 Å². The molecule has 0 bridgehead atoms. The van der Waals surface area contributed by atoms with E-state index in [-0.39, 0.29) is 5.78 Å². The maximum atomic E-state index is 11.3. The predicted octanol–water partition coefficient (Wildman–Crippen LogP) is 3.07. The Balaban J connectivity index is 2.02. The molecule has 3 nitrogen and oxygen atoms in total. The van der Waals surface area contributed by atoms with Gasteiger partial charge in [-0.05, 0) is 50.5 Å². The maximum Gasteiger partial charge on any atom is 0.173 e. The average molecular weight is 262 g/mol. The number of hydrogen-bond donors (Lipinski definition) is 1. The lowest BCUT2D eigenvalue weighted by Crippen LogP contribution is -2.38. The van der Waals surface area contributed by atoms with Gasteiger partial charge in [0.1, 0.15) is 0 Å². The summed E-state index contributed by atoms with van der Waals surface area (Å²) in [5, 5.41) is 3.97. The third-order valence-corrected chi connectivity index (χ3v) is 3.52. The molecule has 0 unspecified atom stereocenters. The number of ketones is 1. The molecule has 0 radical (unpaired) electrons. The van der Waals surface area contributed by atoms with E-state index in [2.05, 4.69) is 10.2 Å². The molecule has 0 aliphatic carbocycles. The van der Waals surface area contributed by atoms with E-state index in [4.69, 9.17) is 12.2 Å². The van der Waals surface area contributed by atoms with Crippen molar-refractivity contribution in [2.24, 2.45) is 0 Å². The van der Waals surface area contributed by atoms with Crippen LogP contribution in [0, 0.1) is 0 Å². The highest BCUT2D eigenvalue weighted by Crippen LogP contribution is 2.14. The number of hydrogen-bond acceptors (Lipinski definition) is 2. The molecular weight excluding hydrogens is 244 g/mol. The van der Waals surface area contributed by atoms with Crippen molar-refractivity contribution >= 4 is 28.8 Å². The van der Waals surface area contributed by atoms with Crippen molar-refractivity contribution in [1.29, 1.82) is 0 Å². The summed E-state index contributed by atoms with van der Waals surface area (Å²) >= 11 is 5.39. The van der Waals surface area contributed by atoms with Gasteiger partial charge in [-0.2, -0.15) is 0 Å². The maximum absolute atomic E-state index is 11.3. The molecule has 1 aliphatic heterocycles. The highest BCUT2D eigenvalue weighted by atomic mass is 32.1. The van der Waals surface area contributed by atoms with Crippen LogP contribution in [0.3, 0.4) is 0 Å². The number of anilines is 1. The van der Waals surface area contributed by atoms with Gasteiger partial charge in [0.25, 0.3) is 0 Å².